The molecule has 1 saturated carbocycles. The van der Waals surface area contributed by atoms with Crippen molar-refractivity contribution in [3.63, 3.8) is 0 Å². The molecular formula is C30H30F2N6O3S. The predicted octanol–water partition coefficient (Wildman–Crippen LogP) is 5.35. The first-order valence-electron chi connectivity index (χ1n) is 13.9. The lowest BCUT2D eigenvalue weighted by Crippen LogP contribution is -2.36. The van der Waals surface area contributed by atoms with E-state index in [0.717, 1.165) is 20.5 Å². The Morgan fingerprint density at radius 2 is 1.86 bits per heavy atom. The summed E-state index contributed by atoms with van der Waals surface area (Å²) in [5.41, 5.74) is 6.49. The molecule has 42 heavy (non-hydrogen) atoms. The molecule has 0 unspecified atom stereocenters. The second kappa shape index (κ2) is 10.9. The number of pyridine rings is 1. The van der Waals surface area contributed by atoms with Gasteiger partial charge in [-0.1, -0.05) is 19.1 Å². The molecule has 1 aliphatic heterocycles. The van der Waals surface area contributed by atoms with Gasteiger partial charge in [-0.3, -0.25) is 19.0 Å². The van der Waals surface area contributed by atoms with Crippen LogP contribution >= 0.6 is 11.3 Å². The van der Waals surface area contributed by atoms with Crippen LogP contribution < -0.4 is 21.9 Å². The number of fused-ring (bicyclic) bond motifs is 2. The molecule has 1 aliphatic carbocycles. The number of nitrogen functional groups attached to an aromatic ring is 1. The average molecular weight is 593 g/mol. The Morgan fingerprint density at radius 1 is 1.12 bits per heavy atom. The molecule has 1 fully saturated rings. The van der Waals surface area contributed by atoms with Crippen molar-refractivity contribution in [2.75, 3.05) is 11.1 Å². The fraction of sp³-hybridized carbons (Fsp3) is 0.367. The van der Waals surface area contributed by atoms with Crippen molar-refractivity contribution >= 4 is 44.7 Å². The lowest BCUT2D eigenvalue weighted by atomic mass is 9.82. The summed E-state index contributed by atoms with van der Waals surface area (Å²) < 4.78 is 29.4. The summed E-state index contributed by atoms with van der Waals surface area (Å²) in [6.07, 6.45) is 3.97. The Hall–Kier alpha value is -4.19. The number of nitrogens with one attached hydrogen (secondary N) is 2. The van der Waals surface area contributed by atoms with Crippen LogP contribution in [0.3, 0.4) is 0 Å². The number of nitrogens with zero attached hydrogens (tertiary/aromatic N) is 3. The molecule has 2 atom stereocenters. The van der Waals surface area contributed by atoms with E-state index in [1.54, 1.807) is 36.5 Å². The summed E-state index contributed by atoms with van der Waals surface area (Å²) in [6, 6.07) is 9.79. The number of hydrogen-bond acceptors (Lipinski definition) is 7. The highest BCUT2D eigenvalue weighted by Crippen LogP contribution is 2.41. The number of rotatable bonds is 6. The maximum atomic E-state index is 13.5. The number of benzene rings is 1. The molecule has 0 radical (unpaired) electrons. The first-order chi connectivity index (χ1) is 20.1. The van der Waals surface area contributed by atoms with E-state index in [2.05, 4.69) is 20.6 Å². The number of carbonyl (C=O) groups excluding carboxylic acids is 2. The van der Waals surface area contributed by atoms with Gasteiger partial charge >= 0.3 is 0 Å². The van der Waals surface area contributed by atoms with Gasteiger partial charge in [-0.2, -0.15) is 0 Å². The Balaban J connectivity index is 1.14. The molecule has 4 heterocycles. The van der Waals surface area contributed by atoms with Crippen molar-refractivity contribution in [2.45, 2.75) is 69.4 Å². The van der Waals surface area contributed by atoms with Crippen LogP contribution in [0, 0.1) is 0 Å². The molecular weight excluding hydrogens is 562 g/mol. The van der Waals surface area contributed by atoms with E-state index in [4.69, 9.17) is 5.73 Å². The van der Waals surface area contributed by atoms with Crippen LogP contribution in [0.25, 0.3) is 10.1 Å². The fourth-order valence-electron chi connectivity index (χ4n) is 5.86. The van der Waals surface area contributed by atoms with Crippen molar-refractivity contribution in [1.29, 1.82) is 0 Å². The van der Waals surface area contributed by atoms with E-state index in [0.29, 0.717) is 36.5 Å². The number of nitrogens with two attached hydrogens (primary N) is 1. The van der Waals surface area contributed by atoms with E-state index in [9.17, 15) is 23.2 Å². The van der Waals surface area contributed by atoms with Gasteiger partial charge in [0, 0.05) is 45.5 Å². The Kier molecular flexibility index (Phi) is 7.25. The third-order valence-corrected chi connectivity index (χ3v) is 9.27. The van der Waals surface area contributed by atoms with Gasteiger partial charge in [0.25, 0.3) is 11.5 Å². The maximum absolute atomic E-state index is 13.5. The molecule has 218 valence electrons. The Morgan fingerprint density at radius 3 is 2.60 bits per heavy atom. The largest absolute Gasteiger partial charge is 0.384 e. The molecule has 3 aromatic heterocycles. The van der Waals surface area contributed by atoms with E-state index in [1.165, 1.54) is 22.1 Å². The van der Waals surface area contributed by atoms with E-state index >= 15 is 0 Å². The van der Waals surface area contributed by atoms with Gasteiger partial charge in [-0.05, 0) is 55.0 Å². The van der Waals surface area contributed by atoms with Crippen LogP contribution in [0.15, 0.2) is 53.6 Å². The molecule has 12 heteroatoms. The van der Waals surface area contributed by atoms with Crippen LogP contribution in [-0.2, 0) is 11.3 Å². The number of amides is 2. The number of carbonyl (C=O) groups is 2. The Labute approximate surface area is 244 Å². The molecule has 4 N–H and O–H groups in total. The van der Waals surface area contributed by atoms with Crippen LogP contribution in [0.1, 0.15) is 83.5 Å². The van der Waals surface area contributed by atoms with E-state index in [-0.39, 0.29) is 42.8 Å². The molecule has 9 nitrogen and oxygen atoms in total. The minimum Gasteiger partial charge on any atom is -0.384 e. The van der Waals surface area contributed by atoms with E-state index < -0.39 is 23.4 Å². The molecule has 4 aromatic rings. The minimum atomic E-state index is -2.60. The zero-order valence-electron chi connectivity index (χ0n) is 22.9. The minimum absolute atomic E-state index is 0.0242. The summed E-state index contributed by atoms with van der Waals surface area (Å²) >= 11 is 1.51. The van der Waals surface area contributed by atoms with Gasteiger partial charge in [-0.15, -0.1) is 11.3 Å². The third-order valence-electron chi connectivity index (χ3n) is 8.17. The van der Waals surface area contributed by atoms with Gasteiger partial charge in [-0.25, -0.2) is 18.7 Å². The van der Waals surface area contributed by atoms with Crippen molar-refractivity contribution in [3.05, 3.63) is 81.0 Å². The van der Waals surface area contributed by atoms with Gasteiger partial charge in [0.05, 0.1) is 12.7 Å². The van der Waals surface area contributed by atoms with Gasteiger partial charge in [0.15, 0.2) is 0 Å². The summed E-state index contributed by atoms with van der Waals surface area (Å²) in [7, 11) is 0. The second-order valence-corrected chi connectivity index (χ2v) is 12.3. The second-order valence-electron chi connectivity index (χ2n) is 11.1. The number of halogens is 2. The quantitative estimate of drug-likeness (QED) is 0.277. The first kappa shape index (κ1) is 28.0. The van der Waals surface area contributed by atoms with Crippen molar-refractivity contribution in [2.24, 2.45) is 0 Å². The summed E-state index contributed by atoms with van der Waals surface area (Å²) in [6.45, 7) is 2.19. The first-order valence-corrected chi connectivity index (χ1v) is 14.7. The molecule has 0 saturated heterocycles. The van der Waals surface area contributed by atoms with Crippen molar-refractivity contribution < 1.29 is 18.4 Å². The van der Waals surface area contributed by atoms with Crippen molar-refractivity contribution in [1.82, 2.24) is 19.9 Å². The third kappa shape index (κ3) is 5.50. The standard InChI is InChI=1S/C30H30F2N6O3S/c1-16-10-23(28(40)36-14-21-11-20-13-34-25(33)12-24(20)42-21)38-26(16)35-15-22(29(38)41)37-27(39)19-4-2-17(3-5-19)18-6-8-30(31,32)9-7-18/h2-5,11-13,15-16,18,23H,6-10,14H2,1H3,(H2,33,34)(H,36,40)(H,37,39)/t16-,23+/m1/s1. The molecule has 2 aliphatic rings. The number of aromatic nitrogens is 3. The average Bonchev–Trinajstić information content (AvgIpc) is 3.53. The van der Waals surface area contributed by atoms with E-state index in [1.807, 2.05) is 13.0 Å². The molecule has 2 amide bonds. The zero-order chi connectivity index (χ0) is 29.6. The van der Waals surface area contributed by atoms with Crippen LogP contribution in [0.4, 0.5) is 20.3 Å². The smallest absolute Gasteiger partial charge is 0.278 e. The Bertz CT molecular complexity index is 1730. The number of hydrogen-bond donors (Lipinski definition) is 3. The van der Waals surface area contributed by atoms with Crippen LogP contribution in [0.2, 0.25) is 0 Å². The molecule has 0 bridgehead atoms. The summed E-state index contributed by atoms with van der Waals surface area (Å²) in [4.78, 5) is 49.2. The molecule has 1 aromatic carbocycles. The highest BCUT2D eigenvalue weighted by Gasteiger charge is 2.37. The lowest BCUT2D eigenvalue weighted by Gasteiger charge is -2.28. The van der Waals surface area contributed by atoms with Crippen LogP contribution in [-0.4, -0.2) is 32.3 Å². The highest BCUT2D eigenvalue weighted by atomic mass is 32.1. The lowest BCUT2D eigenvalue weighted by molar-refractivity contribution is -0.124. The molecule has 0 spiro atoms. The number of alkyl halides is 2. The topological polar surface area (TPSA) is 132 Å². The fourth-order valence-corrected chi connectivity index (χ4v) is 6.88. The van der Waals surface area contributed by atoms with Crippen molar-refractivity contribution in [3.8, 4) is 0 Å². The van der Waals surface area contributed by atoms with Gasteiger partial charge in [0.1, 0.15) is 23.4 Å². The predicted molar refractivity (Wildman–Crippen MR) is 157 cm³/mol. The SMILES string of the molecule is C[C@@H]1C[C@@H](C(=O)NCc2cc3cnc(N)cc3s2)n2c1ncc(NC(=O)c1ccc(C3CCC(F)(F)CC3)cc1)c2=O. The summed E-state index contributed by atoms with van der Waals surface area (Å²) in [5, 5.41) is 6.51. The number of anilines is 2. The zero-order valence-corrected chi connectivity index (χ0v) is 23.7. The van der Waals surface area contributed by atoms with Gasteiger partial charge < -0.3 is 16.4 Å². The summed E-state index contributed by atoms with van der Waals surface area (Å²) in [5.74, 6) is -2.57. The molecule has 6 rings (SSSR count). The van der Waals surface area contributed by atoms with Gasteiger partial charge in [0.2, 0.25) is 11.8 Å². The normalized spacial score (nSPS) is 19.9. The maximum Gasteiger partial charge on any atom is 0.278 e. The monoisotopic (exact) mass is 592 g/mol. The number of thiophene rings is 1. The van der Waals surface area contributed by atoms with Crippen LogP contribution in [0.5, 0.6) is 0 Å². The highest BCUT2D eigenvalue weighted by molar-refractivity contribution is 7.19.